The predicted octanol–water partition coefficient (Wildman–Crippen LogP) is 5.80. The lowest BCUT2D eigenvalue weighted by Crippen LogP contribution is -1.95. The summed E-state index contributed by atoms with van der Waals surface area (Å²) < 4.78 is 2.53. The number of benzene rings is 2. The number of nitrogens with zero attached hydrogens (tertiary/aromatic N) is 3. The van der Waals surface area contributed by atoms with Gasteiger partial charge in [0, 0.05) is 21.4 Å². The zero-order valence-electron chi connectivity index (χ0n) is 13.8. The van der Waals surface area contributed by atoms with E-state index >= 15 is 0 Å². The maximum Gasteiger partial charge on any atom is 0.299 e. The van der Waals surface area contributed by atoms with Crippen LogP contribution < -0.4 is 0 Å². The second kappa shape index (κ2) is 7.47. The van der Waals surface area contributed by atoms with Crippen LogP contribution in [-0.2, 0) is 6.54 Å². The number of fused-ring (bicyclic) bond motifs is 1. The summed E-state index contributed by atoms with van der Waals surface area (Å²) in [5.41, 5.74) is 0.934. The standard InChI is InChI=1S/C18H15BrClN3O3/c1-2-7-23-14-5-3-10(19)8-12(14)16(18(23)26)21-22-17(25)13-9-11(20)4-6-15(13)24/h3-6,8-9,24,26H,2,7H2,1H3. The molecule has 0 aliphatic heterocycles. The number of aromatic hydroxyl groups is 2. The molecule has 0 unspecified atom stereocenters. The minimum absolute atomic E-state index is 0.0563. The Labute approximate surface area is 162 Å². The minimum atomic E-state index is -0.754. The fourth-order valence-electron chi connectivity index (χ4n) is 2.67. The first-order chi connectivity index (χ1) is 12.4. The zero-order chi connectivity index (χ0) is 18.8. The topological polar surface area (TPSA) is 87.2 Å². The third-order valence-corrected chi connectivity index (χ3v) is 4.58. The number of hydrogen-bond acceptors (Lipinski definition) is 4. The van der Waals surface area contributed by atoms with Gasteiger partial charge in [0.1, 0.15) is 5.75 Å². The first-order valence-electron chi connectivity index (χ1n) is 7.87. The smallest absolute Gasteiger partial charge is 0.299 e. The average molecular weight is 437 g/mol. The van der Waals surface area contributed by atoms with Crippen molar-refractivity contribution in [2.45, 2.75) is 19.9 Å². The fourth-order valence-corrected chi connectivity index (χ4v) is 3.21. The van der Waals surface area contributed by atoms with Crippen molar-refractivity contribution >= 4 is 50.0 Å². The Hall–Kier alpha value is -2.38. The number of aryl methyl sites for hydroxylation is 1. The van der Waals surface area contributed by atoms with Crippen molar-refractivity contribution in [2.24, 2.45) is 10.2 Å². The van der Waals surface area contributed by atoms with Crippen molar-refractivity contribution in [2.75, 3.05) is 0 Å². The number of hydrogen-bond donors (Lipinski definition) is 2. The molecular weight excluding hydrogens is 422 g/mol. The number of amides is 1. The number of rotatable bonds is 4. The van der Waals surface area contributed by atoms with Gasteiger partial charge in [0.25, 0.3) is 5.91 Å². The number of halogens is 2. The first kappa shape index (κ1) is 18.4. The molecule has 1 aromatic heterocycles. The number of aromatic nitrogens is 1. The normalized spacial score (nSPS) is 11.5. The SMILES string of the molecule is CCCn1c(O)c(N=NC(=O)c2cc(Cl)ccc2O)c2cc(Br)ccc21. The van der Waals surface area contributed by atoms with Crippen LogP contribution in [0.1, 0.15) is 23.7 Å². The van der Waals surface area contributed by atoms with Crippen molar-refractivity contribution in [3.63, 3.8) is 0 Å². The Bertz CT molecular complexity index is 1030. The van der Waals surface area contributed by atoms with Crippen molar-refractivity contribution in [3.8, 4) is 11.6 Å². The van der Waals surface area contributed by atoms with Crippen LogP contribution in [0.15, 0.2) is 51.1 Å². The van der Waals surface area contributed by atoms with Crippen LogP contribution in [0.2, 0.25) is 5.02 Å². The maximum atomic E-state index is 12.3. The molecule has 0 bridgehead atoms. The van der Waals surface area contributed by atoms with Gasteiger partial charge in [-0.1, -0.05) is 34.5 Å². The highest BCUT2D eigenvalue weighted by Crippen LogP contribution is 2.40. The monoisotopic (exact) mass is 435 g/mol. The molecule has 0 saturated heterocycles. The highest BCUT2D eigenvalue weighted by atomic mass is 79.9. The molecule has 0 fully saturated rings. The van der Waals surface area contributed by atoms with Crippen LogP contribution >= 0.6 is 27.5 Å². The van der Waals surface area contributed by atoms with Crippen LogP contribution in [-0.4, -0.2) is 20.7 Å². The largest absolute Gasteiger partial charge is 0.507 e. The lowest BCUT2D eigenvalue weighted by atomic mass is 10.2. The van der Waals surface area contributed by atoms with Gasteiger partial charge in [-0.25, -0.2) is 0 Å². The molecule has 2 N–H and O–H groups in total. The summed E-state index contributed by atoms with van der Waals surface area (Å²) >= 11 is 9.25. The Morgan fingerprint density at radius 3 is 2.73 bits per heavy atom. The van der Waals surface area contributed by atoms with E-state index in [0.29, 0.717) is 17.0 Å². The molecule has 0 radical (unpaired) electrons. The van der Waals surface area contributed by atoms with E-state index in [9.17, 15) is 15.0 Å². The molecule has 3 aromatic rings. The molecule has 0 atom stereocenters. The molecule has 2 aromatic carbocycles. The summed E-state index contributed by atoms with van der Waals surface area (Å²) in [6.07, 6.45) is 0.819. The highest BCUT2D eigenvalue weighted by molar-refractivity contribution is 9.10. The van der Waals surface area contributed by atoms with Gasteiger partial charge in [-0.2, -0.15) is 0 Å². The van der Waals surface area contributed by atoms with Gasteiger partial charge in [0.2, 0.25) is 5.88 Å². The number of phenols is 1. The van der Waals surface area contributed by atoms with E-state index in [0.717, 1.165) is 16.4 Å². The quantitative estimate of drug-likeness (QED) is 0.506. The van der Waals surface area contributed by atoms with E-state index in [1.807, 2.05) is 19.1 Å². The Balaban J connectivity index is 2.06. The van der Waals surface area contributed by atoms with E-state index in [-0.39, 0.29) is 22.9 Å². The second-order valence-corrected chi connectivity index (χ2v) is 7.00. The summed E-state index contributed by atoms with van der Waals surface area (Å²) in [5.74, 6) is -1.05. The van der Waals surface area contributed by atoms with Crippen LogP contribution in [0.25, 0.3) is 10.9 Å². The Morgan fingerprint density at radius 1 is 1.23 bits per heavy atom. The lowest BCUT2D eigenvalue weighted by molar-refractivity contribution is 0.0992. The number of azo groups is 1. The van der Waals surface area contributed by atoms with Crippen molar-refractivity contribution in [1.82, 2.24) is 4.57 Å². The van der Waals surface area contributed by atoms with Crippen LogP contribution in [0, 0.1) is 0 Å². The van der Waals surface area contributed by atoms with E-state index in [1.54, 1.807) is 10.6 Å². The molecule has 6 nitrogen and oxygen atoms in total. The maximum absolute atomic E-state index is 12.3. The van der Waals surface area contributed by atoms with E-state index < -0.39 is 5.91 Å². The Kier molecular flexibility index (Phi) is 5.29. The summed E-state index contributed by atoms with van der Waals surface area (Å²) in [6.45, 7) is 2.60. The van der Waals surface area contributed by atoms with Crippen molar-refractivity contribution in [3.05, 3.63) is 51.5 Å². The second-order valence-electron chi connectivity index (χ2n) is 5.65. The molecule has 0 spiro atoms. The first-order valence-corrected chi connectivity index (χ1v) is 9.04. The molecule has 0 saturated carbocycles. The number of carbonyl (C=O) groups is 1. The summed E-state index contributed by atoms with van der Waals surface area (Å²) in [5, 5.41) is 28.9. The molecule has 0 aliphatic rings. The van der Waals surface area contributed by atoms with Gasteiger partial charge in [0.05, 0.1) is 11.1 Å². The third kappa shape index (κ3) is 3.45. The van der Waals surface area contributed by atoms with Crippen LogP contribution in [0.3, 0.4) is 0 Å². The minimum Gasteiger partial charge on any atom is -0.507 e. The average Bonchev–Trinajstić information content (AvgIpc) is 2.86. The predicted molar refractivity (Wildman–Crippen MR) is 104 cm³/mol. The number of carbonyl (C=O) groups excluding carboxylic acids is 1. The molecule has 3 rings (SSSR count). The molecule has 0 aliphatic carbocycles. The molecule has 8 heteroatoms. The van der Waals surface area contributed by atoms with Crippen LogP contribution in [0.5, 0.6) is 11.6 Å². The highest BCUT2D eigenvalue weighted by Gasteiger charge is 2.18. The molecule has 1 heterocycles. The summed E-state index contributed by atoms with van der Waals surface area (Å²) in [6, 6.07) is 9.62. The van der Waals surface area contributed by atoms with Gasteiger partial charge in [-0.15, -0.1) is 10.2 Å². The number of phenolic OH excluding ortho intramolecular Hbond substituents is 1. The van der Waals surface area contributed by atoms with Gasteiger partial charge >= 0.3 is 0 Å². The van der Waals surface area contributed by atoms with Crippen molar-refractivity contribution < 1.29 is 15.0 Å². The van der Waals surface area contributed by atoms with Gasteiger partial charge in [-0.05, 0) is 42.8 Å². The summed E-state index contributed by atoms with van der Waals surface area (Å²) in [7, 11) is 0. The summed E-state index contributed by atoms with van der Waals surface area (Å²) in [4.78, 5) is 12.3. The van der Waals surface area contributed by atoms with Crippen molar-refractivity contribution in [1.29, 1.82) is 0 Å². The molecule has 26 heavy (non-hydrogen) atoms. The van der Waals surface area contributed by atoms with Gasteiger partial charge in [-0.3, -0.25) is 4.79 Å². The molecular formula is C18H15BrClN3O3. The Morgan fingerprint density at radius 2 is 2.00 bits per heavy atom. The van der Waals surface area contributed by atoms with E-state index in [1.165, 1.54) is 18.2 Å². The fraction of sp³-hybridized carbons (Fsp3) is 0.167. The van der Waals surface area contributed by atoms with E-state index in [4.69, 9.17) is 11.6 Å². The van der Waals surface area contributed by atoms with Crippen LogP contribution in [0.4, 0.5) is 5.69 Å². The molecule has 1 amide bonds. The third-order valence-electron chi connectivity index (χ3n) is 3.85. The lowest BCUT2D eigenvalue weighted by Gasteiger charge is -2.04. The van der Waals surface area contributed by atoms with E-state index in [2.05, 4.69) is 26.2 Å². The molecule has 134 valence electrons. The van der Waals surface area contributed by atoms with Gasteiger partial charge < -0.3 is 14.8 Å². The zero-order valence-corrected chi connectivity index (χ0v) is 16.1. The van der Waals surface area contributed by atoms with Gasteiger partial charge in [0.15, 0.2) is 5.69 Å².